The maximum atomic E-state index is 11.8. The Kier molecular flexibility index (Phi) is 3.22. The molecule has 3 saturated carbocycles. The van der Waals surface area contributed by atoms with Crippen molar-refractivity contribution in [2.24, 2.45) is 17.8 Å². The first-order valence-corrected chi connectivity index (χ1v) is 7.34. The van der Waals surface area contributed by atoms with Crippen LogP contribution in [0.4, 0.5) is 4.79 Å². The topological polar surface area (TPSA) is 53.4 Å². The molecule has 0 aromatic carbocycles. The van der Waals surface area contributed by atoms with Gasteiger partial charge in [0, 0.05) is 12.3 Å². The predicted molar refractivity (Wildman–Crippen MR) is 73.7 cm³/mol. The Bertz CT molecular complexity index is 489. The number of ether oxygens (including phenoxy) is 2. The van der Waals surface area contributed by atoms with Gasteiger partial charge in [-0.1, -0.05) is 0 Å². The molecule has 0 aliphatic heterocycles. The molecule has 5 nitrogen and oxygen atoms in total. The third kappa shape index (κ3) is 2.67. The molecule has 2 atom stereocenters. The number of nitrogens with zero attached hydrogens (tertiary/aromatic N) is 2. The van der Waals surface area contributed by atoms with Crippen molar-refractivity contribution in [1.29, 1.82) is 0 Å². The Morgan fingerprint density at radius 3 is 2.70 bits per heavy atom. The average Bonchev–Trinajstić information content (AvgIpc) is 3.02. The number of aromatic nitrogens is 2. The minimum atomic E-state index is -0.519. The maximum Gasteiger partial charge on any atom is 0.435 e. The van der Waals surface area contributed by atoms with Crippen LogP contribution in [0.3, 0.4) is 0 Å². The van der Waals surface area contributed by atoms with Crippen LogP contribution < -0.4 is 4.74 Å². The molecule has 2 unspecified atom stereocenters. The highest BCUT2D eigenvalue weighted by molar-refractivity contribution is 5.69. The van der Waals surface area contributed by atoms with Crippen LogP contribution in [0.5, 0.6) is 5.88 Å². The number of hydrogen-bond donors (Lipinski definition) is 0. The first-order valence-electron chi connectivity index (χ1n) is 7.34. The number of rotatable bonds is 3. The second-order valence-electron chi connectivity index (χ2n) is 6.89. The van der Waals surface area contributed by atoms with Crippen LogP contribution in [0.15, 0.2) is 12.3 Å². The smallest absolute Gasteiger partial charge is 0.435 e. The molecule has 20 heavy (non-hydrogen) atoms. The average molecular weight is 278 g/mol. The van der Waals surface area contributed by atoms with Crippen molar-refractivity contribution in [3.8, 4) is 5.88 Å². The van der Waals surface area contributed by atoms with Crippen LogP contribution in [-0.4, -0.2) is 28.1 Å². The van der Waals surface area contributed by atoms with Crippen molar-refractivity contribution in [1.82, 2.24) is 9.78 Å². The molecule has 1 aromatic heterocycles. The largest absolute Gasteiger partial charge is 0.476 e. The summed E-state index contributed by atoms with van der Waals surface area (Å²) >= 11 is 0. The van der Waals surface area contributed by atoms with E-state index in [1.54, 1.807) is 12.3 Å². The van der Waals surface area contributed by atoms with E-state index in [-0.39, 0.29) is 0 Å². The summed E-state index contributed by atoms with van der Waals surface area (Å²) in [5.74, 6) is 2.91. The molecule has 3 aliphatic rings. The molecule has 3 aliphatic carbocycles. The van der Waals surface area contributed by atoms with E-state index in [0.717, 1.165) is 18.4 Å². The van der Waals surface area contributed by atoms with Crippen LogP contribution in [0.1, 0.15) is 40.0 Å². The van der Waals surface area contributed by atoms with E-state index in [2.05, 4.69) is 5.10 Å². The van der Waals surface area contributed by atoms with E-state index < -0.39 is 11.7 Å². The van der Waals surface area contributed by atoms with Crippen molar-refractivity contribution in [3.63, 3.8) is 0 Å². The predicted octanol–water partition coefficient (Wildman–Crippen LogP) is 3.09. The molecule has 0 spiro atoms. The SMILES string of the molecule is CC(C)(C)OC(=O)n1ccc(OCC2C3CCC2C3)n1. The van der Waals surface area contributed by atoms with E-state index in [9.17, 15) is 4.79 Å². The van der Waals surface area contributed by atoms with E-state index in [4.69, 9.17) is 9.47 Å². The Hall–Kier alpha value is -1.52. The van der Waals surface area contributed by atoms with Crippen molar-refractivity contribution < 1.29 is 14.3 Å². The fourth-order valence-electron chi connectivity index (χ4n) is 3.27. The summed E-state index contributed by atoms with van der Waals surface area (Å²) in [5, 5.41) is 4.12. The minimum absolute atomic E-state index is 0.476. The molecule has 110 valence electrons. The maximum absolute atomic E-state index is 11.8. The van der Waals surface area contributed by atoms with Gasteiger partial charge in [-0.25, -0.2) is 4.79 Å². The Morgan fingerprint density at radius 2 is 2.10 bits per heavy atom. The zero-order valence-corrected chi connectivity index (χ0v) is 12.3. The standard InChI is InChI=1S/C15H22N2O3/c1-15(2,3)20-14(18)17-7-6-13(16-17)19-9-12-10-4-5-11(12)8-10/h6-7,10-12H,4-5,8-9H2,1-3H3. The number of carbonyl (C=O) groups is 1. The Balaban J connectivity index is 1.53. The monoisotopic (exact) mass is 278 g/mol. The Labute approximate surface area is 119 Å². The van der Waals surface area contributed by atoms with Crippen molar-refractivity contribution in [2.45, 2.75) is 45.6 Å². The second-order valence-corrected chi connectivity index (χ2v) is 6.89. The van der Waals surface area contributed by atoms with Gasteiger partial charge in [0.2, 0.25) is 5.88 Å². The van der Waals surface area contributed by atoms with Gasteiger partial charge in [-0.05, 0) is 57.8 Å². The molecule has 4 rings (SSSR count). The zero-order chi connectivity index (χ0) is 14.3. The van der Waals surface area contributed by atoms with Gasteiger partial charge in [-0.2, -0.15) is 4.68 Å². The molecule has 0 amide bonds. The molecular weight excluding hydrogens is 256 g/mol. The summed E-state index contributed by atoms with van der Waals surface area (Å²) in [7, 11) is 0. The van der Waals surface area contributed by atoms with Gasteiger partial charge in [0.1, 0.15) is 5.60 Å². The summed E-state index contributed by atoms with van der Waals surface area (Å²) in [6.07, 6.45) is 5.19. The van der Waals surface area contributed by atoms with Gasteiger partial charge < -0.3 is 9.47 Å². The zero-order valence-electron chi connectivity index (χ0n) is 12.3. The molecule has 5 heteroatoms. The van der Waals surface area contributed by atoms with Crippen LogP contribution in [0.2, 0.25) is 0 Å². The molecule has 1 heterocycles. The second kappa shape index (κ2) is 4.79. The normalized spacial score (nSPS) is 28.1. The first kappa shape index (κ1) is 13.5. The third-order valence-corrected chi connectivity index (χ3v) is 4.29. The van der Waals surface area contributed by atoms with Crippen molar-refractivity contribution in [3.05, 3.63) is 12.3 Å². The highest BCUT2D eigenvalue weighted by atomic mass is 16.6. The Morgan fingerprint density at radius 1 is 1.40 bits per heavy atom. The molecule has 2 bridgehead atoms. The van der Waals surface area contributed by atoms with Crippen LogP contribution >= 0.6 is 0 Å². The van der Waals surface area contributed by atoms with Crippen LogP contribution in [0.25, 0.3) is 0 Å². The lowest BCUT2D eigenvalue weighted by atomic mass is 9.73. The minimum Gasteiger partial charge on any atom is -0.476 e. The molecule has 0 N–H and O–H groups in total. The molecule has 0 saturated heterocycles. The van der Waals surface area contributed by atoms with Crippen LogP contribution in [0, 0.1) is 17.8 Å². The van der Waals surface area contributed by atoms with Gasteiger partial charge in [0.05, 0.1) is 6.61 Å². The highest BCUT2D eigenvalue weighted by Crippen LogP contribution is 2.53. The number of fused-ring (bicyclic) bond motifs is 1. The summed E-state index contributed by atoms with van der Waals surface area (Å²) in [4.78, 5) is 11.8. The van der Waals surface area contributed by atoms with Crippen molar-refractivity contribution in [2.75, 3.05) is 6.61 Å². The van der Waals surface area contributed by atoms with E-state index in [0.29, 0.717) is 11.8 Å². The number of carbonyl (C=O) groups excluding carboxylic acids is 1. The van der Waals surface area contributed by atoms with E-state index in [1.165, 1.54) is 23.9 Å². The van der Waals surface area contributed by atoms with E-state index in [1.807, 2.05) is 20.8 Å². The lowest BCUT2D eigenvalue weighted by Crippen LogP contribution is -2.33. The fraction of sp³-hybridized carbons (Fsp3) is 0.733. The first-order chi connectivity index (χ1) is 9.42. The van der Waals surface area contributed by atoms with Gasteiger partial charge in [-0.3, -0.25) is 0 Å². The summed E-state index contributed by atoms with van der Waals surface area (Å²) in [5.41, 5.74) is -0.519. The lowest BCUT2D eigenvalue weighted by Gasteiger charge is -2.35. The lowest BCUT2D eigenvalue weighted by molar-refractivity contribution is 0.0506. The van der Waals surface area contributed by atoms with Gasteiger partial charge in [0.15, 0.2) is 0 Å². The van der Waals surface area contributed by atoms with Gasteiger partial charge >= 0.3 is 6.09 Å². The fourth-order valence-corrected chi connectivity index (χ4v) is 3.27. The highest BCUT2D eigenvalue weighted by Gasteiger charge is 2.46. The summed E-state index contributed by atoms with van der Waals surface area (Å²) < 4.78 is 12.1. The summed E-state index contributed by atoms with van der Waals surface area (Å²) in [6.45, 7) is 6.22. The van der Waals surface area contributed by atoms with Crippen molar-refractivity contribution >= 4 is 6.09 Å². The number of hydrogen-bond acceptors (Lipinski definition) is 4. The summed E-state index contributed by atoms with van der Waals surface area (Å²) in [6, 6.07) is 1.71. The quantitative estimate of drug-likeness (QED) is 0.852. The van der Waals surface area contributed by atoms with Gasteiger partial charge in [0.25, 0.3) is 0 Å². The molecule has 3 fully saturated rings. The molecule has 0 radical (unpaired) electrons. The van der Waals surface area contributed by atoms with Gasteiger partial charge in [-0.15, -0.1) is 5.10 Å². The van der Waals surface area contributed by atoms with E-state index >= 15 is 0 Å². The molecule has 1 aromatic rings. The molecular formula is C15H22N2O3. The third-order valence-electron chi connectivity index (χ3n) is 4.29. The van der Waals surface area contributed by atoms with Crippen LogP contribution in [-0.2, 0) is 4.74 Å².